The number of piperidine rings is 1. The van der Waals surface area contributed by atoms with E-state index < -0.39 is 29.4 Å². The van der Waals surface area contributed by atoms with Gasteiger partial charge >= 0.3 is 12.3 Å². The number of hydrogen-bond acceptors (Lipinski definition) is 4. The molecule has 0 saturated carbocycles. The van der Waals surface area contributed by atoms with Gasteiger partial charge in [-0.05, 0) is 38.8 Å². The molecule has 1 saturated heterocycles. The molecular formula is C20H23F3N4O3. The lowest BCUT2D eigenvalue weighted by Crippen LogP contribution is -2.46. The van der Waals surface area contributed by atoms with Gasteiger partial charge < -0.3 is 15.0 Å². The molecule has 30 heavy (non-hydrogen) atoms. The summed E-state index contributed by atoms with van der Waals surface area (Å²) in [4.78, 5) is 25.9. The molecule has 1 aromatic carbocycles. The van der Waals surface area contributed by atoms with Crippen molar-refractivity contribution in [3.63, 3.8) is 0 Å². The molecule has 7 nitrogen and oxygen atoms in total. The number of nitrogens with zero attached hydrogens (tertiary/aromatic N) is 3. The summed E-state index contributed by atoms with van der Waals surface area (Å²) in [6, 6.07) is 6.05. The number of carbonyl (C=O) groups excluding carboxylic acids is 2. The van der Waals surface area contributed by atoms with Crippen molar-refractivity contribution in [2.75, 3.05) is 19.7 Å². The van der Waals surface area contributed by atoms with Crippen molar-refractivity contribution in [1.82, 2.24) is 20.0 Å². The van der Waals surface area contributed by atoms with E-state index in [1.54, 1.807) is 19.1 Å². The van der Waals surface area contributed by atoms with E-state index in [2.05, 4.69) is 10.4 Å². The number of ether oxygens (including phenoxy) is 1. The van der Waals surface area contributed by atoms with Crippen LogP contribution in [0.4, 0.5) is 18.0 Å². The number of aromatic nitrogens is 2. The second-order valence-corrected chi connectivity index (χ2v) is 7.09. The lowest BCUT2D eigenvalue weighted by atomic mass is 10.0. The van der Waals surface area contributed by atoms with E-state index >= 15 is 0 Å². The average molecular weight is 424 g/mol. The highest BCUT2D eigenvalue weighted by Crippen LogP contribution is 2.33. The normalized spacial score (nSPS) is 15.2. The first-order valence-electron chi connectivity index (χ1n) is 9.65. The first-order valence-corrected chi connectivity index (χ1v) is 9.65. The predicted molar refractivity (Wildman–Crippen MR) is 102 cm³/mol. The molecule has 162 valence electrons. The lowest BCUT2D eigenvalue weighted by molar-refractivity contribution is -0.143. The molecular weight excluding hydrogens is 401 g/mol. The number of alkyl halides is 3. The van der Waals surface area contributed by atoms with Gasteiger partial charge in [0.05, 0.1) is 24.1 Å². The van der Waals surface area contributed by atoms with Crippen LogP contribution in [0.2, 0.25) is 0 Å². The Kier molecular flexibility index (Phi) is 6.33. The number of nitrogens with one attached hydrogen (secondary N) is 1. The third-order valence-electron chi connectivity index (χ3n) is 4.92. The minimum Gasteiger partial charge on any atom is -0.450 e. The molecule has 3 rings (SSSR count). The molecule has 0 spiro atoms. The van der Waals surface area contributed by atoms with Crippen molar-refractivity contribution in [3.05, 3.63) is 47.3 Å². The minimum absolute atomic E-state index is 0.217. The SMILES string of the molecule is CCOC(=O)N1CCC(NC(=O)c2cnn(-c3ccc(C)cc3)c2C(F)(F)F)CC1. The third kappa shape index (κ3) is 4.74. The maximum Gasteiger partial charge on any atom is 0.434 e. The second-order valence-electron chi connectivity index (χ2n) is 7.09. The van der Waals surface area contributed by atoms with E-state index in [1.807, 2.05) is 6.92 Å². The number of amides is 2. The fourth-order valence-corrected chi connectivity index (χ4v) is 3.35. The van der Waals surface area contributed by atoms with Crippen LogP contribution in [0.25, 0.3) is 5.69 Å². The number of hydrogen-bond donors (Lipinski definition) is 1. The molecule has 1 fully saturated rings. The van der Waals surface area contributed by atoms with Crippen molar-refractivity contribution in [2.45, 2.75) is 38.9 Å². The maximum absolute atomic E-state index is 13.8. The molecule has 2 aromatic rings. The van der Waals surface area contributed by atoms with Crippen molar-refractivity contribution in [1.29, 1.82) is 0 Å². The molecule has 1 aliphatic rings. The zero-order valence-corrected chi connectivity index (χ0v) is 16.7. The summed E-state index contributed by atoms with van der Waals surface area (Å²) >= 11 is 0. The van der Waals surface area contributed by atoms with E-state index in [0.29, 0.717) is 25.9 Å². The van der Waals surface area contributed by atoms with Crippen LogP contribution < -0.4 is 5.32 Å². The minimum atomic E-state index is -4.76. The van der Waals surface area contributed by atoms with Gasteiger partial charge in [-0.2, -0.15) is 18.3 Å². The van der Waals surface area contributed by atoms with E-state index in [0.717, 1.165) is 16.4 Å². The van der Waals surface area contributed by atoms with E-state index in [-0.39, 0.29) is 18.3 Å². The van der Waals surface area contributed by atoms with Crippen molar-refractivity contribution < 1.29 is 27.5 Å². The zero-order chi connectivity index (χ0) is 21.9. The summed E-state index contributed by atoms with van der Waals surface area (Å²) in [5, 5.41) is 6.46. The number of carbonyl (C=O) groups is 2. The fourth-order valence-electron chi connectivity index (χ4n) is 3.35. The van der Waals surface area contributed by atoms with Gasteiger partial charge in [0.1, 0.15) is 0 Å². The Bertz CT molecular complexity index is 901. The van der Waals surface area contributed by atoms with Gasteiger partial charge in [0, 0.05) is 19.1 Å². The molecule has 10 heteroatoms. The molecule has 1 aliphatic heterocycles. The van der Waals surface area contributed by atoms with Crippen LogP contribution in [0.1, 0.15) is 41.4 Å². The highest BCUT2D eigenvalue weighted by atomic mass is 19.4. The first-order chi connectivity index (χ1) is 14.2. The Hall–Kier alpha value is -3.04. The highest BCUT2D eigenvalue weighted by molar-refractivity contribution is 5.95. The number of aryl methyl sites for hydroxylation is 1. The Labute approximate surface area is 171 Å². The van der Waals surface area contributed by atoms with Crippen LogP contribution in [-0.4, -0.2) is 52.4 Å². The number of rotatable bonds is 4. The summed E-state index contributed by atoms with van der Waals surface area (Å²) in [5.74, 6) is -0.838. The highest BCUT2D eigenvalue weighted by Gasteiger charge is 2.41. The van der Waals surface area contributed by atoms with Crippen molar-refractivity contribution in [2.24, 2.45) is 0 Å². The number of likely N-dealkylation sites (tertiary alicyclic amines) is 1. The summed E-state index contributed by atoms with van der Waals surface area (Å²) in [6.07, 6.45) is -3.40. The van der Waals surface area contributed by atoms with Crippen molar-refractivity contribution in [3.8, 4) is 5.69 Å². The summed E-state index contributed by atoms with van der Waals surface area (Å²) in [6.45, 7) is 4.52. The summed E-state index contributed by atoms with van der Waals surface area (Å²) in [5.41, 5.74) is -0.537. The standard InChI is InChI=1S/C20H23F3N4O3/c1-3-30-19(29)26-10-8-14(9-11-26)25-18(28)16-12-24-27(17(16)20(21,22)23)15-6-4-13(2)5-7-15/h4-7,12,14H,3,8-11H2,1-2H3,(H,25,28). The van der Waals surface area contributed by atoms with Gasteiger partial charge in [-0.1, -0.05) is 17.7 Å². The smallest absolute Gasteiger partial charge is 0.434 e. The Morgan fingerprint density at radius 3 is 2.40 bits per heavy atom. The number of halogens is 3. The molecule has 2 heterocycles. The van der Waals surface area contributed by atoms with E-state index in [4.69, 9.17) is 4.74 Å². The maximum atomic E-state index is 13.8. The van der Waals surface area contributed by atoms with Gasteiger partial charge in [-0.3, -0.25) is 4.79 Å². The van der Waals surface area contributed by atoms with Gasteiger partial charge in [0.25, 0.3) is 5.91 Å². The third-order valence-corrected chi connectivity index (χ3v) is 4.92. The molecule has 0 atom stereocenters. The number of benzene rings is 1. The Morgan fingerprint density at radius 1 is 1.20 bits per heavy atom. The fraction of sp³-hybridized carbons (Fsp3) is 0.450. The second kappa shape index (κ2) is 8.76. The molecule has 0 unspecified atom stereocenters. The summed E-state index contributed by atoms with van der Waals surface area (Å²) in [7, 11) is 0. The van der Waals surface area contributed by atoms with E-state index in [1.165, 1.54) is 17.0 Å². The van der Waals surface area contributed by atoms with Gasteiger partial charge in [-0.15, -0.1) is 0 Å². The zero-order valence-electron chi connectivity index (χ0n) is 16.7. The predicted octanol–water partition coefficient (Wildman–Crippen LogP) is 3.55. The average Bonchev–Trinajstić information content (AvgIpc) is 3.15. The molecule has 0 aliphatic carbocycles. The van der Waals surface area contributed by atoms with Crippen LogP contribution >= 0.6 is 0 Å². The van der Waals surface area contributed by atoms with Gasteiger partial charge in [-0.25, -0.2) is 9.48 Å². The Balaban J connectivity index is 1.75. The first kappa shape index (κ1) is 21.7. The van der Waals surface area contributed by atoms with Crippen LogP contribution in [0.5, 0.6) is 0 Å². The monoisotopic (exact) mass is 424 g/mol. The van der Waals surface area contributed by atoms with Crippen LogP contribution in [0.15, 0.2) is 30.5 Å². The molecule has 0 radical (unpaired) electrons. The molecule has 1 aromatic heterocycles. The van der Waals surface area contributed by atoms with E-state index in [9.17, 15) is 22.8 Å². The van der Waals surface area contributed by atoms with Crippen LogP contribution in [-0.2, 0) is 10.9 Å². The largest absolute Gasteiger partial charge is 0.450 e. The topological polar surface area (TPSA) is 76.5 Å². The molecule has 2 amide bonds. The molecule has 0 bridgehead atoms. The Morgan fingerprint density at radius 2 is 1.83 bits per heavy atom. The molecule has 1 N–H and O–H groups in total. The van der Waals surface area contributed by atoms with Crippen LogP contribution in [0.3, 0.4) is 0 Å². The van der Waals surface area contributed by atoms with Crippen LogP contribution in [0, 0.1) is 6.92 Å². The van der Waals surface area contributed by atoms with Gasteiger partial charge in [0.2, 0.25) is 0 Å². The quantitative estimate of drug-likeness (QED) is 0.815. The summed E-state index contributed by atoms with van der Waals surface area (Å²) < 4.78 is 46.9. The van der Waals surface area contributed by atoms with Crippen molar-refractivity contribution >= 4 is 12.0 Å². The van der Waals surface area contributed by atoms with Gasteiger partial charge in [0.15, 0.2) is 5.69 Å². The lowest BCUT2D eigenvalue weighted by Gasteiger charge is -2.31.